The highest BCUT2D eigenvalue weighted by atomic mass is 14.9. The van der Waals surface area contributed by atoms with Crippen molar-refractivity contribution < 1.29 is 0 Å². The first-order valence-corrected chi connectivity index (χ1v) is 5.34. The summed E-state index contributed by atoms with van der Waals surface area (Å²) in [5.41, 5.74) is 0. The average molecular weight is 180 g/mol. The summed E-state index contributed by atoms with van der Waals surface area (Å²) < 4.78 is 0. The number of nitrogens with zero attached hydrogens (tertiary/aromatic N) is 1. The molecule has 0 aromatic heterocycles. The first-order valence-electron chi connectivity index (χ1n) is 5.34. The molecule has 0 bridgehead atoms. The van der Waals surface area contributed by atoms with Gasteiger partial charge in [-0.2, -0.15) is 5.26 Å². The standard InChI is InChI=1S/C11H20N2/c1-9(2)7-11(8-12)10-3-5-13-6-4-10/h9-11,13H,3-7H2,1-2H3. The third-order valence-electron chi connectivity index (χ3n) is 2.84. The topological polar surface area (TPSA) is 35.8 Å². The van der Waals surface area contributed by atoms with Crippen molar-refractivity contribution in [1.82, 2.24) is 5.32 Å². The van der Waals surface area contributed by atoms with Crippen LogP contribution in [0.4, 0.5) is 0 Å². The molecular formula is C11H20N2. The molecule has 74 valence electrons. The van der Waals surface area contributed by atoms with E-state index in [1.54, 1.807) is 0 Å². The monoisotopic (exact) mass is 180 g/mol. The van der Waals surface area contributed by atoms with E-state index < -0.39 is 0 Å². The second-order valence-electron chi connectivity index (χ2n) is 4.45. The van der Waals surface area contributed by atoms with Crippen LogP contribution < -0.4 is 5.32 Å². The second-order valence-corrected chi connectivity index (χ2v) is 4.45. The zero-order chi connectivity index (χ0) is 9.68. The molecule has 1 aliphatic heterocycles. The lowest BCUT2D eigenvalue weighted by molar-refractivity contribution is 0.274. The van der Waals surface area contributed by atoms with Crippen molar-refractivity contribution in [2.45, 2.75) is 33.1 Å². The van der Waals surface area contributed by atoms with Crippen molar-refractivity contribution in [3.05, 3.63) is 0 Å². The lowest BCUT2D eigenvalue weighted by Crippen LogP contribution is -2.31. The van der Waals surface area contributed by atoms with E-state index in [9.17, 15) is 0 Å². The molecule has 2 heteroatoms. The molecule has 1 N–H and O–H groups in total. The zero-order valence-electron chi connectivity index (χ0n) is 8.71. The maximum Gasteiger partial charge on any atom is 0.0658 e. The fraction of sp³-hybridized carbons (Fsp3) is 0.909. The minimum atomic E-state index is 0.294. The number of piperidine rings is 1. The summed E-state index contributed by atoms with van der Waals surface area (Å²) >= 11 is 0. The fourth-order valence-electron chi connectivity index (χ4n) is 2.11. The molecule has 0 spiro atoms. The smallest absolute Gasteiger partial charge is 0.0658 e. The van der Waals surface area contributed by atoms with E-state index in [1.165, 1.54) is 12.8 Å². The molecule has 0 amide bonds. The lowest BCUT2D eigenvalue weighted by atomic mass is 9.81. The van der Waals surface area contributed by atoms with Gasteiger partial charge in [-0.1, -0.05) is 13.8 Å². The Morgan fingerprint density at radius 2 is 2.00 bits per heavy atom. The Kier molecular flexibility index (Phi) is 4.24. The van der Waals surface area contributed by atoms with Gasteiger partial charge < -0.3 is 5.32 Å². The van der Waals surface area contributed by atoms with Crippen molar-refractivity contribution in [3.8, 4) is 6.07 Å². The normalized spacial score (nSPS) is 21.4. The maximum atomic E-state index is 9.06. The third kappa shape index (κ3) is 3.36. The van der Waals surface area contributed by atoms with E-state index in [1.807, 2.05) is 0 Å². The summed E-state index contributed by atoms with van der Waals surface area (Å²) in [6.07, 6.45) is 3.44. The largest absolute Gasteiger partial charge is 0.317 e. The van der Waals surface area contributed by atoms with Crippen molar-refractivity contribution >= 4 is 0 Å². The summed E-state index contributed by atoms with van der Waals surface area (Å²) in [4.78, 5) is 0. The molecule has 1 fully saturated rings. The predicted molar refractivity (Wildman–Crippen MR) is 54.2 cm³/mol. The van der Waals surface area contributed by atoms with Crippen LogP contribution in [0.1, 0.15) is 33.1 Å². The van der Waals surface area contributed by atoms with Gasteiger partial charge in [-0.25, -0.2) is 0 Å². The SMILES string of the molecule is CC(C)CC(C#N)C1CCNCC1. The minimum absolute atomic E-state index is 0.294. The summed E-state index contributed by atoms with van der Waals surface area (Å²) in [5.74, 6) is 1.59. The molecule has 0 aliphatic carbocycles. The fourth-order valence-corrected chi connectivity index (χ4v) is 2.11. The zero-order valence-corrected chi connectivity index (χ0v) is 8.71. The number of nitriles is 1. The lowest BCUT2D eigenvalue weighted by Gasteiger charge is -2.27. The Labute approximate surface area is 81.3 Å². The highest BCUT2D eigenvalue weighted by Gasteiger charge is 2.23. The van der Waals surface area contributed by atoms with Crippen LogP contribution in [-0.2, 0) is 0 Å². The van der Waals surface area contributed by atoms with Crippen molar-refractivity contribution in [2.24, 2.45) is 17.8 Å². The van der Waals surface area contributed by atoms with Crippen LogP contribution in [0, 0.1) is 29.1 Å². The van der Waals surface area contributed by atoms with E-state index in [0.717, 1.165) is 19.5 Å². The summed E-state index contributed by atoms with van der Waals surface area (Å²) in [6.45, 7) is 6.60. The molecule has 1 unspecified atom stereocenters. The van der Waals surface area contributed by atoms with Gasteiger partial charge in [0, 0.05) is 5.92 Å². The van der Waals surface area contributed by atoms with Gasteiger partial charge in [-0.05, 0) is 44.2 Å². The molecule has 13 heavy (non-hydrogen) atoms. The summed E-state index contributed by atoms with van der Waals surface area (Å²) in [6, 6.07) is 2.48. The molecule has 2 nitrogen and oxygen atoms in total. The van der Waals surface area contributed by atoms with Crippen LogP contribution in [0.25, 0.3) is 0 Å². The highest BCUT2D eigenvalue weighted by Crippen LogP contribution is 2.26. The van der Waals surface area contributed by atoms with E-state index in [-0.39, 0.29) is 0 Å². The Morgan fingerprint density at radius 3 is 2.46 bits per heavy atom. The third-order valence-corrected chi connectivity index (χ3v) is 2.84. The second kappa shape index (κ2) is 5.24. The molecular weight excluding hydrogens is 160 g/mol. The molecule has 1 saturated heterocycles. The van der Waals surface area contributed by atoms with Gasteiger partial charge in [0.2, 0.25) is 0 Å². The molecule has 0 radical (unpaired) electrons. The number of hydrogen-bond acceptors (Lipinski definition) is 2. The van der Waals surface area contributed by atoms with E-state index >= 15 is 0 Å². The van der Waals surface area contributed by atoms with Crippen LogP contribution in [0.2, 0.25) is 0 Å². The predicted octanol–water partition coefficient (Wildman–Crippen LogP) is 2.17. The van der Waals surface area contributed by atoms with Gasteiger partial charge in [-0.15, -0.1) is 0 Å². The Bertz CT molecular complexity index is 175. The molecule has 1 heterocycles. The van der Waals surface area contributed by atoms with Crippen LogP contribution in [0.15, 0.2) is 0 Å². The molecule has 0 aromatic carbocycles. The van der Waals surface area contributed by atoms with E-state index in [4.69, 9.17) is 5.26 Å². The molecule has 1 atom stereocenters. The molecule has 0 saturated carbocycles. The van der Waals surface area contributed by atoms with E-state index in [0.29, 0.717) is 17.8 Å². The van der Waals surface area contributed by atoms with Crippen molar-refractivity contribution in [3.63, 3.8) is 0 Å². The average Bonchev–Trinajstić information content (AvgIpc) is 2.15. The minimum Gasteiger partial charge on any atom is -0.317 e. The van der Waals surface area contributed by atoms with Crippen LogP contribution in [0.3, 0.4) is 0 Å². The number of hydrogen-bond donors (Lipinski definition) is 1. The molecule has 1 aliphatic rings. The van der Waals surface area contributed by atoms with Gasteiger partial charge in [0.1, 0.15) is 0 Å². The van der Waals surface area contributed by atoms with Crippen LogP contribution >= 0.6 is 0 Å². The number of rotatable bonds is 3. The molecule has 1 rings (SSSR count). The Hall–Kier alpha value is -0.550. The van der Waals surface area contributed by atoms with Gasteiger partial charge in [0.25, 0.3) is 0 Å². The van der Waals surface area contributed by atoms with Crippen LogP contribution in [-0.4, -0.2) is 13.1 Å². The Balaban J connectivity index is 2.40. The van der Waals surface area contributed by atoms with E-state index in [2.05, 4.69) is 25.2 Å². The quantitative estimate of drug-likeness (QED) is 0.722. The van der Waals surface area contributed by atoms with Crippen LogP contribution in [0.5, 0.6) is 0 Å². The van der Waals surface area contributed by atoms with Gasteiger partial charge >= 0.3 is 0 Å². The van der Waals surface area contributed by atoms with Gasteiger partial charge in [0.15, 0.2) is 0 Å². The van der Waals surface area contributed by atoms with Gasteiger partial charge in [0.05, 0.1) is 6.07 Å². The van der Waals surface area contributed by atoms with Crippen molar-refractivity contribution in [1.29, 1.82) is 5.26 Å². The first kappa shape index (κ1) is 10.5. The summed E-state index contributed by atoms with van der Waals surface area (Å²) in [7, 11) is 0. The first-order chi connectivity index (χ1) is 6.24. The summed E-state index contributed by atoms with van der Waals surface area (Å²) in [5, 5.41) is 12.4. The number of nitrogens with one attached hydrogen (secondary N) is 1. The van der Waals surface area contributed by atoms with Gasteiger partial charge in [-0.3, -0.25) is 0 Å². The maximum absolute atomic E-state index is 9.06. The highest BCUT2D eigenvalue weighted by molar-refractivity contribution is 4.90. The molecule has 0 aromatic rings. The van der Waals surface area contributed by atoms with Crippen molar-refractivity contribution in [2.75, 3.05) is 13.1 Å². The Morgan fingerprint density at radius 1 is 1.38 bits per heavy atom.